The van der Waals surface area contributed by atoms with Crippen LogP contribution < -0.4 is 76.1 Å². The van der Waals surface area contributed by atoms with Crippen LogP contribution in [0.15, 0.2) is 29.3 Å². The van der Waals surface area contributed by atoms with Crippen molar-refractivity contribution in [3.05, 3.63) is 29.8 Å². The van der Waals surface area contributed by atoms with Crippen molar-refractivity contribution in [3.63, 3.8) is 0 Å². The molecule has 9 atom stereocenters. The lowest BCUT2D eigenvalue weighted by Gasteiger charge is -2.28. The molecule has 1 fully saturated rings. The number of amides is 12. The number of aliphatic imine (C=N–C) groups is 1. The molecule has 446 valence electrons. The third kappa shape index (κ3) is 27.2. The van der Waals surface area contributed by atoms with Gasteiger partial charge in [-0.25, -0.2) is 0 Å². The molecular formula is C50H81N15O14S. The van der Waals surface area contributed by atoms with Crippen molar-refractivity contribution in [2.24, 2.45) is 33.8 Å². The number of nitrogens with two attached hydrogens (primary N) is 4. The Labute approximate surface area is 468 Å². The van der Waals surface area contributed by atoms with E-state index in [1.54, 1.807) is 13.8 Å². The van der Waals surface area contributed by atoms with Crippen LogP contribution in [0.1, 0.15) is 104 Å². The summed E-state index contributed by atoms with van der Waals surface area (Å²) in [5.74, 6) is -11.8. The largest absolute Gasteiger partial charge is 0.508 e. The third-order valence-electron chi connectivity index (χ3n) is 12.1. The van der Waals surface area contributed by atoms with Crippen LogP contribution >= 0.6 is 11.8 Å². The first kappa shape index (κ1) is 68.3. The summed E-state index contributed by atoms with van der Waals surface area (Å²) in [5, 5.41) is 46.3. The van der Waals surface area contributed by atoms with Crippen LogP contribution in [0.4, 0.5) is 0 Å². The summed E-state index contributed by atoms with van der Waals surface area (Å²) in [6.07, 6.45) is -2.15. The standard InChI is InChI=1S/C50H81N15O14S/c1-26(2)21-35-46(76)64-38(42(52)72)24-80-25-40(71)58-36(22-30-14-16-31(69)17-15-30)48(78)65-41(27(3)66)49(79)61-33(12-7-9-19-56-29(5)68)43(73)59-34(13-10-20-57-50(53)54)45(75)63-37(23-39(51)70)47(77)60-32(44(74)62-35)11-6-8-18-55-28(4)67/h14-17,26-27,32-38,41,66,69H,6-13,18-25H2,1-5H3,(H2,51,70)(H2,52,72)(H,55,67)(H,56,68)(H,58,71)(H,59,73)(H,60,77)(H,61,79)(H,62,74)(H,63,75)(H,64,76)(H,65,78)(H4,53,54,57)/t27-,32+,33+,34+,35+,36+,37+,38+,41+/m1/s1. The first-order valence-corrected chi connectivity index (χ1v) is 27.4. The molecule has 1 heterocycles. The van der Waals surface area contributed by atoms with Crippen molar-refractivity contribution in [3.8, 4) is 5.75 Å². The number of carbonyl (C=O) groups is 12. The summed E-state index contributed by atoms with van der Waals surface area (Å²) < 4.78 is 0. The summed E-state index contributed by atoms with van der Waals surface area (Å²) in [4.78, 5) is 165. The topological polar surface area (TPSA) is 482 Å². The number of unbranched alkanes of at least 4 members (excludes halogenated alkanes) is 2. The second kappa shape index (κ2) is 35.7. The van der Waals surface area contributed by atoms with E-state index in [1.165, 1.54) is 45.0 Å². The predicted octanol–water partition coefficient (Wildman–Crippen LogP) is -4.99. The first-order chi connectivity index (χ1) is 37.7. The smallest absolute Gasteiger partial charge is 0.245 e. The molecule has 12 amide bonds. The molecule has 30 heteroatoms. The van der Waals surface area contributed by atoms with E-state index >= 15 is 0 Å². The molecule has 1 aliphatic rings. The van der Waals surface area contributed by atoms with Gasteiger partial charge in [0.15, 0.2) is 5.96 Å². The van der Waals surface area contributed by atoms with Crippen LogP contribution in [0.5, 0.6) is 5.75 Å². The van der Waals surface area contributed by atoms with E-state index in [9.17, 15) is 67.7 Å². The Morgan fingerprint density at radius 3 is 1.55 bits per heavy atom. The molecule has 1 aromatic rings. The summed E-state index contributed by atoms with van der Waals surface area (Å²) in [7, 11) is 0. The predicted molar refractivity (Wildman–Crippen MR) is 294 cm³/mol. The zero-order valence-electron chi connectivity index (χ0n) is 45.9. The summed E-state index contributed by atoms with van der Waals surface area (Å²) >= 11 is 0.840. The number of aliphatic hydroxyl groups excluding tert-OH is 1. The molecule has 0 spiro atoms. The van der Waals surface area contributed by atoms with E-state index in [1.807, 2.05) is 0 Å². The van der Waals surface area contributed by atoms with Gasteiger partial charge in [0.2, 0.25) is 70.9 Å². The molecule has 0 unspecified atom stereocenters. The van der Waals surface area contributed by atoms with Crippen molar-refractivity contribution >= 4 is 88.6 Å². The number of phenols is 1. The highest BCUT2D eigenvalue weighted by Gasteiger charge is 2.36. The molecule has 80 heavy (non-hydrogen) atoms. The average molecular weight is 1150 g/mol. The number of thioether (sulfide) groups is 1. The maximum Gasteiger partial charge on any atom is 0.245 e. The number of carbonyl (C=O) groups excluding carboxylic acids is 12. The highest BCUT2D eigenvalue weighted by Crippen LogP contribution is 2.15. The number of aromatic hydroxyl groups is 1. The van der Waals surface area contributed by atoms with E-state index in [0.29, 0.717) is 18.4 Å². The molecule has 2 rings (SSSR count). The molecule has 29 nitrogen and oxygen atoms in total. The monoisotopic (exact) mass is 1150 g/mol. The van der Waals surface area contributed by atoms with Crippen molar-refractivity contribution in [2.45, 2.75) is 160 Å². The van der Waals surface area contributed by atoms with E-state index in [4.69, 9.17) is 22.9 Å². The highest BCUT2D eigenvalue weighted by atomic mass is 32.2. The molecule has 0 radical (unpaired) electrons. The number of hydrogen-bond donors (Lipinski definition) is 16. The molecule has 20 N–H and O–H groups in total. The van der Waals surface area contributed by atoms with Crippen molar-refractivity contribution in [2.75, 3.05) is 31.1 Å². The summed E-state index contributed by atoms with van der Waals surface area (Å²) in [6, 6.07) is -6.74. The molecule has 0 aliphatic carbocycles. The van der Waals surface area contributed by atoms with Crippen molar-refractivity contribution in [1.29, 1.82) is 0 Å². The number of nitrogens with zero attached hydrogens (tertiary/aromatic N) is 1. The number of guanidine groups is 1. The maximum absolute atomic E-state index is 14.4. The van der Waals surface area contributed by atoms with Gasteiger partial charge in [-0.2, -0.15) is 0 Å². The number of rotatable bonds is 22. The lowest BCUT2D eigenvalue weighted by Crippen LogP contribution is -2.61. The maximum atomic E-state index is 14.4. The normalized spacial score (nSPS) is 22.9. The summed E-state index contributed by atoms with van der Waals surface area (Å²) in [5.41, 5.74) is 22.7. The molecule has 1 aromatic carbocycles. The Morgan fingerprint density at radius 2 is 1.07 bits per heavy atom. The van der Waals surface area contributed by atoms with Gasteiger partial charge in [-0.3, -0.25) is 62.5 Å². The quantitative estimate of drug-likeness (QED) is 0.0294. The number of benzene rings is 1. The van der Waals surface area contributed by atoms with Crippen LogP contribution in [-0.4, -0.2) is 173 Å². The first-order valence-electron chi connectivity index (χ1n) is 26.2. The second-order valence-corrected chi connectivity index (χ2v) is 20.7. The minimum Gasteiger partial charge on any atom is -0.508 e. The van der Waals surface area contributed by atoms with Gasteiger partial charge in [0.05, 0.1) is 18.3 Å². The van der Waals surface area contributed by atoms with Crippen LogP contribution in [0.2, 0.25) is 0 Å². The fraction of sp³-hybridized carbons (Fsp3) is 0.620. The van der Waals surface area contributed by atoms with Crippen molar-refractivity contribution < 1.29 is 67.7 Å². The lowest BCUT2D eigenvalue weighted by molar-refractivity contribution is -0.137. The Balaban J connectivity index is 2.83. The Kier molecular flexibility index (Phi) is 30.5. The molecule has 0 aromatic heterocycles. The Bertz CT molecular complexity index is 2340. The number of hydrogen-bond acceptors (Lipinski definition) is 16. The van der Waals surface area contributed by atoms with Gasteiger partial charge in [-0.15, -0.1) is 11.8 Å². The van der Waals surface area contributed by atoms with Crippen molar-refractivity contribution in [1.82, 2.24) is 53.2 Å². The van der Waals surface area contributed by atoms with Crippen LogP contribution in [0.3, 0.4) is 0 Å². The van der Waals surface area contributed by atoms with Gasteiger partial charge in [-0.1, -0.05) is 26.0 Å². The van der Waals surface area contributed by atoms with Gasteiger partial charge >= 0.3 is 0 Å². The van der Waals surface area contributed by atoms with E-state index in [0.717, 1.165) is 11.8 Å². The van der Waals surface area contributed by atoms with Gasteiger partial charge in [0.1, 0.15) is 54.1 Å². The fourth-order valence-corrected chi connectivity index (χ4v) is 8.83. The molecule has 1 saturated heterocycles. The van der Waals surface area contributed by atoms with Crippen LogP contribution in [-0.2, 0) is 64.0 Å². The molecule has 0 bridgehead atoms. The SMILES string of the molecule is CC(=O)NCCCC[C@@H]1NC(=O)[C@H](CC(N)=O)NC(=O)[C@H](CCCN=C(N)N)NC(=O)[C@H](CCCCNC(C)=O)NC(=O)[C@H]([C@@H](C)O)NC(=O)[C@H](Cc2ccc(O)cc2)NC(=O)CSC[C@@H](C(N)=O)NC(=O)[C@H](CC(C)C)NC1=O. The van der Waals surface area contributed by atoms with E-state index in [2.05, 4.69) is 58.2 Å². The number of phenolic OH excluding ortho intramolecular Hbond substituents is 1. The average Bonchev–Trinajstić information content (AvgIpc) is 3.36. The molecular weight excluding hydrogens is 1070 g/mol. The third-order valence-corrected chi connectivity index (χ3v) is 13.1. The van der Waals surface area contributed by atoms with Gasteiger partial charge < -0.3 is 86.3 Å². The van der Waals surface area contributed by atoms with Gasteiger partial charge in [-0.05, 0) is 88.3 Å². The molecule has 1 aliphatic heterocycles. The van der Waals surface area contributed by atoms with E-state index < -0.39 is 126 Å². The second-order valence-electron chi connectivity index (χ2n) is 19.7. The Hall–Kier alpha value is -7.76. The van der Waals surface area contributed by atoms with Crippen LogP contribution in [0.25, 0.3) is 0 Å². The zero-order valence-corrected chi connectivity index (χ0v) is 46.7. The van der Waals surface area contributed by atoms with Crippen LogP contribution in [0, 0.1) is 5.92 Å². The number of nitrogens with one attached hydrogen (secondary N) is 10. The number of aliphatic hydroxyl groups is 1. The summed E-state index contributed by atoms with van der Waals surface area (Å²) in [6.45, 7) is 7.59. The minimum atomic E-state index is -1.79. The lowest BCUT2D eigenvalue weighted by atomic mass is 10.0. The Morgan fingerprint density at radius 1 is 0.613 bits per heavy atom. The minimum absolute atomic E-state index is 0.00208. The van der Waals surface area contributed by atoms with Gasteiger partial charge in [0.25, 0.3) is 0 Å². The molecule has 0 saturated carbocycles. The fourth-order valence-electron chi connectivity index (χ4n) is 7.96. The highest BCUT2D eigenvalue weighted by molar-refractivity contribution is 8.00. The van der Waals surface area contributed by atoms with Gasteiger partial charge in [0, 0.05) is 45.7 Å². The van der Waals surface area contributed by atoms with E-state index in [-0.39, 0.29) is 106 Å². The number of primary amides is 2. The zero-order chi connectivity index (χ0) is 60.1.